The minimum absolute atomic E-state index is 0.0628. The molecule has 3 rings (SSSR count). The van der Waals surface area contributed by atoms with Gasteiger partial charge in [-0.3, -0.25) is 19.3 Å². The van der Waals surface area contributed by atoms with E-state index < -0.39 is 0 Å². The number of hydrogen-bond acceptors (Lipinski definition) is 9. The number of hydrogen-bond donors (Lipinski definition) is 0. The van der Waals surface area contributed by atoms with Crippen molar-refractivity contribution in [3.05, 3.63) is 46.4 Å². The van der Waals surface area contributed by atoms with Gasteiger partial charge in [0.1, 0.15) is 4.32 Å². The van der Waals surface area contributed by atoms with Crippen LogP contribution in [0.4, 0.5) is 5.69 Å². The van der Waals surface area contributed by atoms with E-state index >= 15 is 0 Å². The zero-order valence-electron chi connectivity index (χ0n) is 20.0. The van der Waals surface area contributed by atoms with Gasteiger partial charge in [-0.15, -0.1) is 0 Å². The highest BCUT2D eigenvalue weighted by atomic mass is 32.2. The molecular weight excluding hydrogens is 521 g/mol. The predicted molar refractivity (Wildman–Crippen MR) is 151 cm³/mol. The lowest BCUT2D eigenvalue weighted by molar-refractivity contribution is -0.143. The summed E-state index contributed by atoms with van der Waals surface area (Å²) in [5.41, 5.74) is 1.15. The third kappa shape index (κ3) is 8.13. The maximum atomic E-state index is 12.9. The number of anilines is 1. The van der Waals surface area contributed by atoms with E-state index in [0.29, 0.717) is 28.8 Å². The van der Waals surface area contributed by atoms with Crippen molar-refractivity contribution in [3.63, 3.8) is 0 Å². The van der Waals surface area contributed by atoms with Crippen LogP contribution in [-0.4, -0.2) is 51.7 Å². The van der Waals surface area contributed by atoms with E-state index in [0.717, 1.165) is 48.7 Å². The standard InChI is InChI=1S/C25H30N2O4S4/c1-3-31-23(29)12-5-4-8-15-27-24(30)21(35-25(27)32)13-14-22-26(16-9-17-33-18(2)28)19-10-6-7-11-20(19)34-22/h6-7,10-11,13-14H,3-5,8-9,12,15-17H2,1-2H3/b21-13+,22-14-. The summed E-state index contributed by atoms with van der Waals surface area (Å²) in [5, 5.41) is 1.20. The normalized spacial score (nSPS) is 17.5. The van der Waals surface area contributed by atoms with Gasteiger partial charge in [-0.2, -0.15) is 0 Å². The van der Waals surface area contributed by atoms with Crippen LogP contribution >= 0.6 is 47.5 Å². The monoisotopic (exact) mass is 550 g/mol. The van der Waals surface area contributed by atoms with Crippen molar-refractivity contribution in [1.29, 1.82) is 0 Å². The van der Waals surface area contributed by atoms with Gasteiger partial charge in [-0.05, 0) is 50.5 Å². The molecule has 0 aliphatic carbocycles. The first kappa shape index (κ1) is 27.8. The lowest BCUT2D eigenvalue weighted by Gasteiger charge is -2.20. The number of fused-ring (bicyclic) bond motifs is 1. The molecule has 1 fully saturated rings. The third-order valence-electron chi connectivity index (χ3n) is 5.29. The Kier molecular flexibility index (Phi) is 11.2. The number of para-hydroxylation sites is 1. The first-order valence-corrected chi connectivity index (χ1v) is 14.7. The summed E-state index contributed by atoms with van der Waals surface area (Å²) >= 11 is 9.82. The van der Waals surface area contributed by atoms with Gasteiger partial charge in [0, 0.05) is 37.1 Å². The quantitative estimate of drug-likeness (QED) is 0.135. The molecule has 2 aliphatic heterocycles. The van der Waals surface area contributed by atoms with Crippen molar-refractivity contribution in [1.82, 2.24) is 4.90 Å². The number of benzene rings is 1. The highest BCUT2D eigenvalue weighted by Gasteiger charge is 2.31. The first-order valence-electron chi connectivity index (χ1n) is 11.7. The Bertz CT molecular complexity index is 1020. The van der Waals surface area contributed by atoms with E-state index in [4.69, 9.17) is 17.0 Å². The summed E-state index contributed by atoms with van der Waals surface area (Å²) in [4.78, 5) is 41.3. The number of amides is 1. The van der Waals surface area contributed by atoms with Gasteiger partial charge in [0.2, 0.25) is 0 Å². The maximum absolute atomic E-state index is 12.9. The number of carbonyl (C=O) groups is 3. The number of ether oxygens (including phenoxy) is 1. The molecule has 2 heterocycles. The van der Waals surface area contributed by atoms with Crippen LogP contribution in [0.1, 0.15) is 46.0 Å². The molecule has 35 heavy (non-hydrogen) atoms. The lowest BCUT2D eigenvalue weighted by Crippen LogP contribution is -2.29. The number of esters is 1. The van der Waals surface area contributed by atoms with E-state index in [1.807, 2.05) is 24.3 Å². The van der Waals surface area contributed by atoms with Crippen molar-refractivity contribution < 1.29 is 19.1 Å². The summed E-state index contributed by atoms with van der Waals surface area (Å²) in [6, 6.07) is 8.25. The average molecular weight is 551 g/mol. The summed E-state index contributed by atoms with van der Waals surface area (Å²) in [6.45, 7) is 5.16. The number of carbonyl (C=O) groups excluding carboxylic acids is 3. The average Bonchev–Trinajstić information content (AvgIpc) is 3.31. The van der Waals surface area contributed by atoms with Crippen LogP contribution in [0.3, 0.4) is 0 Å². The van der Waals surface area contributed by atoms with E-state index in [9.17, 15) is 14.4 Å². The van der Waals surface area contributed by atoms with Crippen LogP contribution < -0.4 is 4.90 Å². The van der Waals surface area contributed by atoms with E-state index in [1.54, 1.807) is 30.5 Å². The second kappa shape index (κ2) is 14.1. The minimum Gasteiger partial charge on any atom is -0.466 e. The predicted octanol–water partition coefficient (Wildman–Crippen LogP) is 5.98. The van der Waals surface area contributed by atoms with E-state index in [-0.39, 0.29) is 17.0 Å². The number of nitrogens with zero attached hydrogens (tertiary/aromatic N) is 2. The Morgan fingerprint density at radius 2 is 1.83 bits per heavy atom. The Labute approximate surface area is 225 Å². The minimum atomic E-state index is -0.173. The molecule has 0 aromatic heterocycles. The SMILES string of the molecule is CCOC(=O)CCCCCN1C(=O)/C(=C\C=C2/Sc3ccccc3N2CCCSC(C)=O)SC1=S. The van der Waals surface area contributed by atoms with Crippen LogP contribution in [0, 0.1) is 0 Å². The molecular formula is C25H30N2O4S4. The summed E-state index contributed by atoms with van der Waals surface area (Å²) < 4.78 is 5.52. The molecule has 0 bridgehead atoms. The second-order valence-corrected chi connectivity index (χ2v) is 11.9. The molecule has 188 valence electrons. The van der Waals surface area contributed by atoms with E-state index in [2.05, 4.69) is 17.0 Å². The number of thiocarbonyl (C=S) groups is 1. The first-order chi connectivity index (χ1) is 16.9. The molecule has 10 heteroatoms. The van der Waals surface area contributed by atoms with Crippen molar-refractivity contribution in [3.8, 4) is 0 Å². The van der Waals surface area contributed by atoms with Crippen LogP contribution in [0.15, 0.2) is 51.2 Å². The zero-order valence-corrected chi connectivity index (χ0v) is 23.3. The van der Waals surface area contributed by atoms with Crippen molar-refractivity contribution >= 4 is 74.5 Å². The molecule has 1 aromatic carbocycles. The largest absolute Gasteiger partial charge is 0.466 e. The molecule has 0 atom stereocenters. The van der Waals surface area contributed by atoms with Gasteiger partial charge in [-0.25, -0.2) is 0 Å². The second-order valence-electron chi connectivity index (χ2n) is 7.89. The van der Waals surface area contributed by atoms with Gasteiger partial charge >= 0.3 is 5.97 Å². The molecule has 0 spiro atoms. The molecule has 6 nitrogen and oxygen atoms in total. The lowest BCUT2D eigenvalue weighted by atomic mass is 10.2. The smallest absolute Gasteiger partial charge is 0.305 e. The number of allylic oxidation sites excluding steroid dienone is 2. The van der Waals surface area contributed by atoms with Crippen LogP contribution in [0.25, 0.3) is 0 Å². The highest BCUT2D eigenvalue weighted by molar-refractivity contribution is 8.26. The molecule has 1 amide bonds. The highest BCUT2D eigenvalue weighted by Crippen LogP contribution is 2.46. The molecule has 0 unspecified atom stereocenters. The Morgan fingerprint density at radius 3 is 2.60 bits per heavy atom. The van der Waals surface area contributed by atoms with E-state index in [1.165, 1.54) is 28.4 Å². The fraction of sp³-hybridized carbons (Fsp3) is 0.440. The van der Waals surface area contributed by atoms with Crippen LogP contribution in [-0.2, 0) is 19.1 Å². The zero-order chi connectivity index (χ0) is 25.2. The summed E-state index contributed by atoms with van der Waals surface area (Å²) in [5.74, 6) is 0.546. The van der Waals surface area contributed by atoms with Crippen molar-refractivity contribution in [2.24, 2.45) is 0 Å². The van der Waals surface area contributed by atoms with Crippen LogP contribution in [0.2, 0.25) is 0 Å². The number of unbranched alkanes of at least 4 members (excludes halogenated alkanes) is 2. The molecule has 0 N–H and O–H groups in total. The fourth-order valence-corrected chi connectivity index (χ4v) is 6.55. The van der Waals surface area contributed by atoms with Gasteiger partial charge in [0.15, 0.2) is 5.12 Å². The molecule has 0 saturated carbocycles. The van der Waals surface area contributed by atoms with Crippen molar-refractivity contribution in [2.45, 2.75) is 50.8 Å². The number of rotatable bonds is 12. The molecule has 1 saturated heterocycles. The topological polar surface area (TPSA) is 66.9 Å². The summed E-state index contributed by atoms with van der Waals surface area (Å²) in [6.07, 6.45) is 7.52. The van der Waals surface area contributed by atoms with Crippen molar-refractivity contribution in [2.75, 3.05) is 30.3 Å². The van der Waals surface area contributed by atoms with Gasteiger partial charge in [0.25, 0.3) is 5.91 Å². The van der Waals surface area contributed by atoms with Gasteiger partial charge < -0.3 is 9.64 Å². The Morgan fingerprint density at radius 1 is 1.06 bits per heavy atom. The Balaban J connectivity index is 1.58. The maximum Gasteiger partial charge on any atom is 0.305 e. The van der Waals surface area contributed by atoms with Crippen LogP contribution in [0.5, 0.6) is 0 Å². The number of thioether (sulfide) groups is 3. The molecule has 2 aliphatic rings. The fourth-order valence-electron chi connectivity index (χ4n) is 3.65. The molecule has 1 aromatic rings. The Hall–Kier alpha value is -1.75. The van der Waals surface area contributed by atoms with Gasteiger partial charge in [0.05, 0.1) is 22.2 Å². The molecule has 0 radical (unpaired) electrons. The summed E-state index contributed by atoms with van der Waals surface area (Å²) in [7, 11) is 0. The third-order valence-corrected chi connectivity index (χ3v) is 8.71. The van der Waals surface area contributed by atoms with Gasteiger partial charge in [-0.1, -0.05) is 66.1 Å².